The third-order valence-electron chi connectivity index (χ3n) is 4.65. The molecule has 9 heteroatoms. The summed E-state index contributed by atoms with van der Waals surface area (Å²) in [6.07, 6.45) is 0. The van der Waals surface area contributed by atoms with Gasteiger partial charge in [0.2, 0.25) is 10.0 Å². The van der Waals surface area contributed by atoms with Crippen LogP contribution in [0.2, 0.25) is 0 Å². The summed E-state index contributed by atoms with van der Waals surface area (Å²) < 4.78 is 27.9. The maximum atomic E-state index is 13.3. The Labute approximate surface area is 169 Å². The molecule has 1 saturated heterocycles. The number of piperazine rings is 1. The monoisotopic (exact) mass is 421 g/mol. The minimum atomic E-state index is -3.83. The summed E-state index contributed by atoms with van der Waals surface area (Å²) in [6.45, 7) is 7.80. The molecule has 0 radical (unpaired) electrons. The largest absolute Gasteiger partial charge is 0.314 e. The minimum absolute atomic E-state index is 0.00650. The number of sulfonamides is 1. The number of benzene rings is 2. The minimum Gasteiger partial charge on any atom is -0.314 e. The number of non-ortho nitro benzene ring substituents is 1. The van der Waals surface area contributed by atoms with E-state index in [9.17, 15) is 18.5 Å². The van der Waals surface area contributed by atoms with Gasteiger partial charge >= 0.3 is 0 Å². The first-order valence-electron chi connectivity index (χ1n) is 8.95. The van der Waals surface area contributed by atoms with Crippen molar-refractivity contribution >= 4 is 27.5 Å². The Morgan fingerprint density at radius 2 is 1.68 bits per heavy atom. The fourth-order valence-electron chi connectivity index (χ4n) is 3.36. The molecule has 2 aromatic carbocycles. The summed E-state index contributed by atoms with van der Waals surface area (Å²) in [5.41, 5.74) is 3.00. The van der Waals surface area contributed by atoms with Crippen molar-refractivity contribution in [2.45, 2.75) is 35.5 Å². The van der Waals surface area contributed by atoms with Crippen LogP contribution in [0.4, 0.5) is 5.69 Å². The molecule has 7 nitrogen and oxygen atoms in total. The molecule has 2 aromatic rings. The molecule has 1 heterocycles. The van der Waals surface area contributed by atoms with E-state index in [1.54, 1.807) is 0 Å². The quantitative estimate of drug-likeness (QED) is 0.588. The van der Waals surface area contributed by atoms with Gasteiger partial charge in [-0.25, -0.2) is 8.42 Å². The predicted molar refractivity (Wildman–Crippen MR) is 110 cm³/mol. The van der Waals surface area contributed by atoms with Crippen molar-refractivity contribution < 1.29 is 13.3 Å². The van der Waals surface area contributed by atoms with Crippen molar-refractivity contribution in [3.63, 3.8) is 0 Å². The van der Waals surface area contributed by atoms with Gasteiger partial charge in [0, 0.05) is 48.1 Å². The first-order chi connectivity index (χ1) is 13.2. The highest BCUT2D eigenvalue weighted by molar-refractivity contribution is 8.00. The van der Waals surface area contributed by atoms with Crippen LogP contribution in [-0.4, -0.2) is 43.8 Å². The maximum Gasteiger partial charge on any atom is 0.270 e. The van der Waals surface area contributed by atoms with E-state index >= 15 is 0 Å². The zero-order chi connectivity index (χ0) is 20.5. The second-order valence-electron chi connectivity index (χ2n) is 6.87. The fraction of sp³-hybridized carbons (Fsp3) is 0.368. The summed E-state index contributed by atoms with van der Waals surface area (Å²) in [6, 6.07) is 8.17. The lowest BCUT2D eigenvalue weighted by atomic mass is 10.1. The first kappa shape index (κ1) is 20.8. The van der Waals surface area contributed by atoms with Gasteiger partial charge in [0.25, 0.3) is 5.69 Å². The van der Waals surface area contributed by atoms with Crippen LogP contribution in [0.15, 0.2) is 45.0 Å². The summed E-state index contributed by atoms with van der Waals surface area (Å²) in [7, 11) is -3.83. The van der Waals surface area contributed by atoms with E-state index in [1.165, 1.54) is 34.3 Å². The summed E-state index contributed by atoms with van der Waals surface area (Å²) >= 11 is 1.34. The highest BCUT2D eigenvalue weighted by atomic mass is 32.2. The Hall–Kier alpha value is -1.94. The third-order valence-corrected chi connectivity index (χ3v) is 8.14. The molecule has 1 aliphatic heterocycles. The average molecular weight is 422 g/mol. The summed E-state index contributed by atoms with van der Waals surface area (Å²) in [5, 5.41) is 14.4. The van der Waals surface area contributed by atoms with E-state index in [2.05, 4.69) is 5.32 Å². The molecule has 0 spiro atoms. The lowest BCUT2D eigenvalue weighted by Crippen LogP contribution is -2.46. The van der Waals surface area contributed by atoms with Gasteiger partial charge in [-0.2, -0.15) is 4.31 Å². The van der Waals surface area contributed by atoms with Gasteiger partial charge in [-0.3, -0.25) is 10.1 Å². The van der Waals surface area contributed by atoms with E-state index in [-0.39, 0.29) is 10.6 Å². The van der Waals surface area contributed by atoms with E-state index in [0.717, 1.165) is 21.6 Å². The second-order valence-corrected chi connectivity index (χ2v) is 9.83. The van der Waals surface area contributed by atoms with Gasteiger partial charge in [-0.15, -0.1) is 0 Å². The fourth-order valence-corrected chi connectivity index (χ4v) is 6.29. The van der Waals surface area contributed by atoms with Crippen molar-refractivity contribution in [3.05, 3.63) is 57.1 Å². The Balaban J connectivity index is 2.10. The van der Waals surface area contributed by atoms with Crippen LogP contribution in [0.1, 0.15) is 16.7 Å². The summed E-state index contributed by atoms with van der Waals surface area (Å²) in [4.78, 5) is 12.2. The molecule has 1 fully saturated rings. The Morgan fingerprint density at radius 1 is 1.07 bits per heavy atom. The van der Waals surface area contributed by atoms with Crippen LogP contribution in [-0.2, 0) is 10.0 Å². The zero-order valence-corrected chi connectivity index (χ0v) is 17.7. The summed E-state index contributed by atoms with van der Waals surface area (Å²) in [5.74, 6) is 0. The predicted octanol–water partition coefficient (Wildman–Crippen LogP) is 3.27. The average Bonchev–Trinajstić information content (AvgIpc) is 2.65. The lowest BCUT2D eigenvalue weighted by molar-refractivity contribution is -0.385. The van der Waals surface area contributed by atoms with Crippen LogP contribution in [0.3, 0.4) is 0 Å². The van der Waals surface area contributed by atoms with E-state index in [4.69, 9.17) is 0 Å². The van der Waals surface area contributed by atoms with Crippen molar-refractivity contribution in [2.24, 2.45) is 0 Å². The molecule has 0 bridgehead atoms. The number of rotatable bonds is 5. The van der Waals surface area contributed by atoms with Crippen molar-refractivity contribution in [3.8, 4) is 0 Å². The molecule has 1 aliphatic rings. The molecule has 0 unspecified atom stereocenters. The number of hydrogen-bond acceptors (Lipinski definition) is 6. The first-order valence-corrected chi connectivity index (χ1v) is 11.2. The molecule has 0 aromatic heterocycles. The molecule has 0 aliphatic carbocycles. The lowest BCUT2D eigenvalue weighted by Gasteiger charge is -2.27. The molecular formula is C19H23N3O4S2. The molecule has 0 atom stereocenters. The van der Waals surface area contributed by atoms with Crippen molar-refractivity contribution in [2.75, 3.05) is 26.2 Å². The van der Waals surface area contributed by atoms with Crippen LogP contribution in [0.25, 0.3) is 0 Å². The molecule has 28 heavy (non-hydrogen) atoms. The van der Waals surface area contributed by atoms with Gasteiger partial charge in [0.15, 0.2) is 0 Å². The Bertz CT molecular complexity index is 993. The Kier molecular flexibility index (Phi) is 6.09. The SMILES string of the molecule is Cc1cc(C)c(Sc2ccc([N+](=O)[O-])cc2S(=O)(=O)N2CCNCC2)c(C)c1. The van der Waals surface area contributed by atoms with Crippen molar-refractivity contribution in [1.29, 1.82) is 0 Å². The third kappa shape index (κ3) is 4.22. The molecule has 0 saturated carbocycles. The zero-order valence-electron chi connectivity index (χ0n) is 16.1. The van der Waals surface area contributed by atoms with Crippen LogP contribution in [0.5, 0.6) is 0 Å². The van der Waals surface area contributed by atoms with Gasteiger partial charge in [-0.05, 0) is 38.0 Å². The standard InChI is InChI=1S/C19H23N3O4S2/c1-13-10-14(2)19(15(3)11-13)27-17-5-4-16(22(23)24)12-18(17)28(25,26)21-8-6-20-7-9-21/h4-5,10-12,20H,6-9H2,1-3H3. The highest BCUT2D eigenvalue weighted by Gasteiger charge is 2.30. The maximum absolute atomic E-state index is 13.3. The van der Waals surface area contributed by atoms with E-state index in [1.807, 2.05) is 32.9 Å². The van der Waals surface area contributed by atoms with Gasteiger partial charge in [0.05, 0.1) is 4.92 Å². The number of hydrogen-bond donors (Lipinski definition) is 1. The van der Waals surface area contributed by atoms with E-state index < -0.39 is 14.9 Å². The number of nitro groups is 1. The van der Waals surface area contributed by atoms with Crippen LogP contribution < -0.4 is 5.32 Å². The number of nitrogens with zero attached hydrogens (tertiary/aromatic N) is 2. The molecule has 1 N–H and O–H groups in total. The molecular weight excluding hydrogens is 398 g/mol. The van der Waals surface area contributed by atoms with Crippen molar-refractivity contribution in [1.82, 2.24) is 9.62 Å². The highest BCUT2D eigenvalue weighted by Crippen LogP contribution is 2.39. The van der Waals surface area contributed by atoms with Crippen LogP contribution in [0, 0.1) is 30.9 Å². The van der Waals surface area contributed by atoms with Gasteiger partial charge in [-0.1, -0.05) is 29.5 Å². The van der Waals surface area contributed by atoms with Gasteiger partial charge in [0.1, 0.15) is 4.90 Å². The Morgan fingerprint density at radius 3 is 2.25 bits per heavy atom. The molecule has 3 rings (SSSR count). The number of nitrogens with one attached hydrogen (secondary N) is 1. The normalized spacial score (nSPS) is 15.5. The topological polar surface area (TPSA) is 92.5 Å². The smallest absolute Gasteiger partial charge is 0.270 e. The number of aryl methyl sites for hydroxylation is 3. The second kappa shape index (κ2) is 8.20. The molecule has 0 amide bonds. The molecule has 150 valence electrons. The van der Waals surface area contributed by atoms with Crippen LogP contribution >= 0.6 is 11.8 Å². The number of nitro benzene ring substituents is 1. The van der Waals surface area contributed by atoms with Gasteiger partial charge < -0.3 is 5.32 Å². The van der Waals surface area contributed by atoms with E-state index in [0.29, 0.717) is 31.1 Å².